The Morgan fingerprint density at radius 2 is 1.90 bits per heavy atom. The lowest BCUT2D eigenvalue weighted by atomic mass is 10.1. The highest BCUT2D eigenvalue weighted by molar-refractivity contribution is 7.15. The lowest BCUT2D eigenvalue weighted by molar-refractivity contribution is 1.17. The summed E-state index contributed by atoms with van der Waals surface area (Å²) in [5.41, 5.74) is 2.86. The van der Waals surface area contributed by atoms with Crippen LogP contribution in [0.3, 0.4) is 0 Å². The number of nitrogens with zero attached hydrogens (tertiary/aromatic N) is 3. The van der Waals surface area contributed by atoms with E-state index < -0.39 is 0 Å². The molecule has 6 heteroatoms. The molecule has 0 radical (unpaired) electrons. The number of halogens is 1. The predicted molar refractivity (Wildman–Crippen MR) is 87.3 cm³/mol. The molecule has 4 nitrogen and oxygen atoms in total. The molecule has 2 aromatic heterocycles. The van der Waals surface area contributed by atoms with E-state index in [-0.39, 0.29) is 0 Å². The minimum absolute atomic E-state index is 0.547. The van der Waals surface area contributed by atoms with Crippen molar-refractivity contribution in [2.45, 2.75) is 13.8 Å². The first-order valence-corrected chi connectivity index (χ1v) is 7.61. The molecule has 1 aromatic carbocycles. The molecule has 0 fully saturated rings. The fourth-order valence-electron chi connectivity index (χ4n) is 2.05. The SMILES string of the molecule is Cc1nc(C)c(-c2ccc(Nc3ncccn3)cc2Cl)s1. The van der Waals surface area contributed by atoms with Crippen LogP contribution in [0.5, 0.6) is 0 Å². The van der Waals surface area contributed by atoms with E-state index in [2.05, 4.69) is 20.3 Å². The van der Waals surface area contributed by atoms with Crippen molar-refractivity contribution in [2.75, 3.05) is 5.32 Å². The van der Waals surface area contributed by atoms with Crippen LogP contribution in [0, 0.1) is 13.8 Å². The summed E-state index contributed by atoms with van der Waals surface area (Å²) >= 11 is 8.06. The zero-order valence-corrected chi connectivity index (χ0v) is 13.2. The lowest BCUT2D eigenvalue weighted by Crippen LogP contribution is -1.95. The smallest absolute Gasteiger partial charge is 0.227 e. The lowest BCUT2D eigenvalue weighted by Gasteiger charge is -2.07. The number of nitrogens with one attached hydrogen (secondary N) is 1. The second-order valence-corrected chi connectivity index (χ2v) is 6.15. The third-order valence-corrected chi connectivity index (χ3v) is 4.36. The van der Waals surface area contributed by atoms with Gasteiger partial charge in [0, 0.05) is 23.6 Å². The summed E-state index contributed by atoms with van der Waals surface area (Å²) in [6.45, 7) is 4.00. The predicted octanol–water partition coefficient (Wildman–Crippen LogP) is 4.61. The molecule has 0 bridgehead atoms. The number of hydrogen-bond donors (Lipinski definition) is 1. The highest BCUT2D eigenvalue weighted by Gasteiger charge is 2.11. The molecule has 0 amide bonds. The topological polar surface area (TPSA) is 50.7 Å². The van der Waals surface area contributed by atoms with Crippen LogP contribution in [0.2, 0.25) is 5.02 Å². The Labute approximate surface area is 131 Å². The molecular formula is C15H13ClN4S. The van der Waals surface area contributed by atoms with E-state index in [1.165, 1.54) is 0 Å². The van der Waals surface area contributed by atoms with E-state index >= 15 is 0 Å². The molecule has 0 aliphatic heterocycles. The number of thiazole rings is 1. The normalized spacial score (nSPS) is 10.6. The fraction of sp³-hybridized carbons (Fsp3) is 0.133. The quantitative estimate of drug-likeness (QED) is 0.766. The monoisotopic (exact) mass is 316 g/mol. The summed E-state index contributed by atoms with van der Waals surface area (Å²) < 4.78 is 0. The molecule has 0 aliphatic rings. The van der Waals surface area contributed by atoms with Gasteiger partial charge in [-0.3, -0.25) is 0 Å². The van der Waals surface area contributed by atoms with Crippen molar-refractivity contribution in [1.82, 2.24) is 15.0 Å². The first-order valence-electron chi connectivity index (χ1n) is 6.41. The maximum atomic E-state index is 6.41. The molecule has 0 spiro atoms. The van der Waals surface area contributed by atoms with E-state index in [0.29, 0.717) is 11.0 Å². The largest absolute Gasteiger partial charge is 0.324 e. The van der Waals surface area contributed by atoms with Crippen molar-refractivity contribution in [3.63, 3.8) is 0 Å². The Morgan fingerprint density at radius 3 is 2.52 bits per heavy atom. The summed E-state index contributed by atoms with van der Waals surface area (Å²) in [4.78, 5) is 13.8. The van der Waals surface area contributed by atoms with Crippen LogP contribution in [0.25, 0.3) is 10.4 Å². The van der Waals surface area contributed by atoms with Crippen LogP contribution >= 0.6 is 22.9 Å². The molecule has 2 heterocycles. The highest BCUT2D eigenvalue weighted by atomic mass is 35.5. The van der Waals surface area contributed by atoms with Gasteiger partial charge in [-0.05, 0) is 38.1 Å². The number of hydrogen-bond acceptors (Lipinski definition) is 5. The number of anilines is 2. The maximum Gasteiger partial charge on any atom is 0.227 e. The molecule has 21 heavy (non-hydrogen) atoms. The summed E-state index contributed by atoms with van der Waals surface area (Å²) in [5, 5.41) is 4.85. The van der Waals surface area contributed by atoms with Gasteiger partial charge in [-0.25, -0.2) is 15.0 Å². The van der Waals surface area contributed by atoms with Crippen LogP contribution in [-0.2, 0) is 0 Å². The van der Waals surface area contributed by atoms with Gasteiger partial charge in [0.05, 0.1) is 20.6 Å². The van der Waals surface area contributed by atoms with Crippen molar-refractivity contribution >= 4 is 34.6 Å². The highest BCUT2D eigenvalue weighted by Crippen LogP contribution is 2.36. The molecule has 0 aliphatic carbocycles. The van der Waals surface area contributed by atoms with Crippen LogP contribution in [0.1, 0.15) is 10.7 Å². The Kier molecular flexibility index (Phi) is 3.86. The van der Waals surface area contributed by atoms with Gasteiger partial charge < -0.3 is 5.32 Å². The Hall–Kier alpha value is -1.98. The first kappa shape index (κ1) is 14.0. The van der Waals surface area contributed by atoms with E-state index in [1.807, 2.05) is 32.0 Å². The molecule has 0 atom stereocenters. The molecule has 3 rings (SSSR count). The van der Waals surface area contributed by atoms with Gasteiger partial charge >= 0.3 is 0 Å². The van der Waals surface area contributed by atoms with E-state index in [4.69, 9.17) is 11.6 Å². The second-order valence-electron chi connectivity index (χ2n) is 4.54. The van der Waals surface area contributed by atoms with Gasteiger partial charge in [0.2, 0.25) is 5.95 Å². The summed E-state index contributed by atoms with van der Waals surface area (Å²) in [6, 6.07) is 7.61. The van der Waals surface area contributed by atoms with Gasteiger partial charge in [0.15, 0.2) is 0 Å². The Balaban J connectivity index is 1.91. The van der Waals surface area contributed by atoms with E-state index in [1.54, 1.807) is 29.8 Å². The maximum absolute atomic E-state index is 6.41. The van der Waals surface area contributed by atoms with Gasteiger partial charge in [0.1, 0.15) is 0 Å². The molecule has 0 saturated heterocycles. The summed E-state index contributed by atoms with van der Waals surface area (Å²) in [7, 11) is 0. The van der Waals surface area contributed by atoms with Crippen molar-refractivity contribution < 1.29 is 0 Å². The van der Waals surface area contributed by atoms with Crippen molar-refractivity contribution in [2.24, 2.45) is 0 Å². The first-order chi connectivity index (χ1) is 10.1. The molecule has 3 aromatic rings. The molecule has 106 valence electrons. The minimum atomic E-state index is 0.547. The van der Waals surface area contributed by atoms with Gasteiger partial charge in [-0.1, -0.05) is 11.6 Å². The zero-order valence-electron chi connectivity index (χ0n) is 11.6. The van der Waals surface area contributed by atoms with E-state index in [0.717, 1.165) is 26.8 Å². The zero-order chi connectivity index (χ0) is 14.8. The van der Waals surface area contributed by atoms with Gasteiger partial charge in [-0.15, -0.1) is 11.3 Å². The Bertz CT molecular complexity index is 771. The number of benzene rings is 1. The molecular weight excluding hydrogens is 304 g/mol. The second kappa shape index (κ2) is 5.79. The van der Waals surface area contributed by atoms with Crippen LogP contribution in [-0.4, -0.2) is 15.0 Å². The van der Waals surface area contributed by atoms with Crippen LogP contribution in [0.15, 0.2) is 36.7 Å². The number of aryl methyl sites for hydroxylation is 2. The third kappa shape index (κ3) is 3.04. The number of rotatable bonds is 3. The van der Waals surface area contributed by atoms with E-state index in [9.17, 15) is 0 Å². The average Bonchev–Trinajstić information content (AvgIpc) is 2.79. The standard InChI is InChI=1S/C15H13ClN4S/c1-9-14(21-10(2)19-9)12-5-4-11(8-13(12)16)20-15-17-6-3-7-18-15/h3-8H,1-2H3,(H,17,18,20). The molecule has 1 N–H and O–H groups in total. The van der Waals surface area contributed by atoms with Gasteiger partial charge in [-0.2, -0.15) is 0 Å². The van der Waals surface area contributed by atoms with Crippen molar-refractivity contribution in [1.29, 1.82) is 0 Å². The fourth-order valence-corrected chi connectivity index (χ4v) is 3.34. The van der Waals surface area contributed by atoms with Crippen LogP contribution < -0.4 is 5.32 Å². The minimum Gasteiger partial charge on any atom is -0.324 e. The van der Waals surface area contributed by atoms with Crippen molar-refractivity contribution in [3.8, 4) is 10.4 Å². The third-order valence-electron chi connectivity index (χ3n) is 2.94. The summed E-state index contributed by atoms with van der Waals surface area (Å²) in [5.74, 6) is 0.547. The molecule has 0 saturated carbocycles. The average molecular weight is 317 g/mol. The van der Waals surface area contributed by atoms with Crippen LogP contribution in [0.4, 0.5) is 11.6 Å². The Morgan fingerprint density at radius 1 is 1.14 bits per heavy atom. The van der Waals surface area contributed by atoms with Crippen molar-refractivity contribution in [3.05, 3.63) is 52.4 Å². The summed E-state index contributed by atoms with van der Waals surface area (Å²) in [6.07, 6.45) is 3.38. The van der Waals surface area contributed by atoms with Gasteiger partial charge in [0.25, 0.3) is 0 Å². The number of aromatic nitrogens is 3. The molecule has 0 unspecified atom stereocenters.